The number of carbonyl (C=O) groups is 1. The highest BCUT2D eigenvalue weighted by Crippen LogP contribution is 2.28. The van der Waals surface area contributed by atoms with E-state index in [9.17, 15) is 4.79 Å². The van der Waals surface area contributed by atoms with Crippen molar-refractivity contribution in [3.8, 4) is 0 Å². The van der Waals surface area contributed by atoms with Gasteiger partial charge in [-0.1, -0.05) is 0 Å². The van der Waals surface area contributed by atoms with Gasteiger partial charge >= 0.3 is 0 Å². The molecule has 0 aromatic carbocycles. The zero-order chi connectivity index (χ0) is 7.68. The van der Waals surface area contributed by atoms with Crippen molar-refractivity contribution in [1.82, 2.24) is 4.90 Å². The van der Waals surface area contributed by atoms with E-state index < -0.39 is 0 Å². The molecule has 0 aromatic heterocycles. The van der Waals surface area contributed by atoms with Crippen LogP contribution in [0.4, 0.5) is 0 Å². The van der Waals surface area contributed by atoms with Crippen LogP contribution >= 0.6 is 0 Å². The second kappa shape index (κ2) is 2.94. The minimum Gasteiger partial charge on any atom is -0.303 e. The minimum absolute atomic E-state index is 0.370. The van der Waals surface area contributed by atoms with Crippen LogP contribution in [-0.4, -0.2) is 30.3 Å². The zero-order valence-corrected chi connectivity index (χ0v) is 6.83. The van der Waals surface area contributed by atoms with E-state index in [-0.39, 0.29) is 0 Å². The summed E-state index contributed by atoms with van der Waals surface area (Å²) in [6, 6.07) is 0.749. The predicted molar refractivity (Wildman–Crippen MR) is 43.4 cm³/mol. The number of rotatable bonds is 1. The fourth-order valence-electron chi connectivity index (χ4n) is 2.38. The molecule has 2 atom stereocenters. The van der Waals surface area contributed by atoms with Gasteiger partial charge in [-0.2, -0.15) is 0 Å². The summed E-state index contributed by atoms with van der Waals surface area (Å²) in [5.74, 6) is 0.370. The van der Waals surface area contributed by atoms with Gasteiger partial charge in [-0.05, 0) is 38.8 Å². The third-order valence-corrected chi connectivity index (χ3v) is 3.05. The van der Waals surface area contributed by atoms with Crippen LogP contribution in [0.1, 0.15) is 25.7 Å². The first-order valence-corrected chi connectivity index (χ1v) is 4.59. The maximum atomic E-state index is 10.5. The van der Waals surface area contributed by atoms with E-state index in [1.54, 1.807) is 0 Å². The van der Waals surface area contributed by atoms with Gasteiger partial charge in [0, 0.05) is 12.0 Å². The molecule has 2 rings (SSSR count). The van der Waals surface area contributed by atoms with Crippen LogP contribution in [0.15, 0.2) is 0 Å². The van der Waals surface area contributed by atoms with Gasteiger partial charge in [0.2, 0.25) is 0 Å². The Bertz CT molecular complexity index is 158. The molecule has 0 amide bonds. The summed E-state index contributed by atoms with van der Waals surface area (Å²) in [5, 5.41) is 0. The maximum Gasteiger partial charge on any atom is 0.123 e. The summed E-state index contributed by atoms with van der Waals surface area (Å²) in [6.45, 7) is 2.43. The second-order valence-electron chi connectivity index (χ2n) is 3.75. The largest absolute Gasteiger partial charge is 0.303 e. The molecular formula is C9H15NO. The predicted octanol–water partition coefficient (Wildman–Crippen LogP) is 1.06. The van der Waals surface area contributed by atoms with Gasteiger partial charge in [-0.15, -0.1) is 0 Å². The van der Waals surface area contributed by atoms with Gasteiger partial charge in [-0.25, -0.2) is 0 Å². The number of hydrogen-bond donors (Lipinski definition) is 0. The molecular weight excluding hydrogens is 138 g/mol. The number of aldehydes is 1. The fraction of sp³-hybridized carbons (Fsp3) is 0.889. The van der Waals surface area contributed by atoms with E-state index in [2.05, 4.69) is 4.90 Å². The third-order valence-electron chi connectivity index (χ3n) is 3.05. The molecule has 2 saturated heterocycles. The molecule has 0 N–H and O–H groups in total. The third kappa shape index (κ3) is 1.32. The average Bonchev–Trinajstić information content (AvgIpc) is 2.50. The Morgan fingerprint density at radius 2 is 2.18 bits per heavy atom. The van der Waals surface area contributed by atoms with E-state index >= 15 is 0 Å². The molecule has 0 radical (unpaired) electrons. The molecule has 2 heteroatoms. The molecule has 2 heterocycles. The van der Waals surface area contributed by atoms with Gasteiger partial charge in [0.15, 0.2) is 0 Å². The topological polar surface area (TPSA) is 20.3 Å². The number of carbonyl (C=O) groups excluding carboxylic acids is 1. The van der Waals surface area contributed by atoms with Crippen molar-refractivity contribution < 1.29 is 4.79 Å². The van der Waals surface area contributed by atoms with Gasteiger partial charge in [0.25, 0.3) is 0 Å². The fourth-order valence-corrected chi connectivity index (χ4v) is 2.38. The molecule has 2 fully saturated rings. The Morgan fingerprint density at radius 3 is 3.00 bits per heavy atom. The summed E-state index contributed by atoms with van der Waals surface area (Å²) < 4.78 is 0. The quantitative estimate of drug-likeness (QED) is 0.525. The maximum absolute atomic E-state index is 10.5. The van der Waals surface area contributed by atoms with Crippen molar-refractivity contribution in [2.45, 2.75) is 31.7 Å². The normalized spacial score (nSPS) is 38.5. The van der Waals surface area contributed by atoms with Crippen LogP contribution in [-0.2, 0) is 4.79 Å². The summed E-state index contributed by atoms with van der Waals surface area (Å²) in [5.41, 5.74) is 0. The molecule has 2 aliphatic heterocycles. The number of piperidine rings is 1. The van der Waals surface area contributed by atoms with E-state index in [4.69, 9.17) is 0 Å². The number of fused-ring (bicyclic) bond motifs is 1. The van der Waals surface area contributed by atoms with Crippen LogP contribution in [0, 0.1) is 5.92 Å². The van der Waals surface area contributed by atoms with E-state index in [1.807, 2.05) is 0 Å². The van der Waals surface area contributed by atoms with E-state index in [1.165, 1.54) is 19.4 Å². The summed E-state index contributed by atoms with van der Waals surface area (Å²) in [6.07, 6.45) is 6.04. The smallest absolute Gasteiger partial charge is 0.123 e. The Hall–Kier alpha value is -0.370. The van der Waals surface area contributed by atoms with Crippen molar-refractivity contribution >= 4 is 6.29 Å². The van der Waals surface area contributed by atoms with Crippen LogP contribution in [0.2, 0.25) is 0 Å². The lowest BCUT2D eigenvalue weighted by Crippen LogP contribution is -2.38. The molecule has 0 aromatic rings. The van der Waals surface area contributed by atoms with Crippen molar-refractivity contribution in [2.24, 2.45) is 5.92 Å². The lowest BCUT2D eigenvalue weighted by atomic mass is 9.92. The Labute approximate surface area is 67.6 Å². The standard InChI is InChI=1S/C9H15NO/c11-7-8-3-5-10-4-1-2-9(10)6-8/h7-9H,1-6H2. The first-order chi connectivity index (χ1) is 5.40. The first-order valence-electron chi connectivity index (χ1n) is 4.59. The van der Waals surface area contributed by atoms with Crippen LogP contribution < -0.4 is 0 Å². The van der Waals surface area contributed by atoms with E-state index in [0.717, 1.165) is 31.7 Å². The Morgan fingerprint density at radius 1 is 1.27 bits per heavy atom. The van der Waals surface area contributed by atoms with Gasteiger partial charge < -0.3 is 9.69 Å². The monoisotopic (exact) mass is 153 g/mol. The van der Waals surface area contributed by atoms with Crippen molar-refractivity contribution in [3.63, 3.8) is 0 Å². The van der Waals surface area contributed by atoms with Crippen molar-refractivity contribution in [2.75, 3.05) is 13.1 Å². The van der Waals surface area contributed by atoms with Gasteiger partial charge in [-0.3, -0.25) is 0 Å². The first kappa shape index (κ1) is 7.29. The van der Waals surface area contributed by atoms with Crippen molar-refractivity contribution in [3.05, 3.63) is 0 Å². The lowest BCUT2D eigenvalue weighted by Gasteiger charge is -2.32. The van der Waals surface area contributed by atoms with E-state index in [0.29, 0.717) is 5.92 Å². The highest BCUT2D eigenvalue weighted by Gasteiger charge is 2.31. The Balaban J connectivity index is 1.96. The summed E-state index contributed by atoms with van der Waals surface area (Å²) in [4.78, 5) is 13.1. The van der Waals surface area contributed by atoms with Crippen LogP contribution in [0.5, 0.6) is 0 Å². The summed E-state index contributed by atoms with van der Waals surface area (Å²) >= 11 is 0. The molecule has 0 saturated carbocycles. The SMILES string of the molecule is O=CC1CCN2CCCC2C1. The van der Waals surface area contributed by atoms with Gasteiger partial charge in [0.1, 0.15) is 6.29 Å². The minimum atomic E-state index is 0.370. The molecule has 62 valence electrons. The number of nitrogens with zero attached hydrogens (tertiary/aromatic N) is 1. The second-order valence-corrected chi connectivity index (χ2v) is 3.75. The molecule has 0 aliphatic carbocycles. The average molecular weight is 153 g/mol. The van der Waals surface area contributed by atoms with Crippen LogP contribution in [0.25, 0.3) is 0 Å². The molecule has 11 heavy (non-hydrogen) atoms. The van der Waals surface area contributed by atoms with Gasteiger partial charge in [0.05, 0.1) is 0 Å². The lowest BCUT2D eigenvalue weighted by molar-refractivity contribution is -0.112. The van der Waals surface area contributed by atoms with Crippen molar-refractivity contribution in [1.29, 1.82) is 0 Å². The number of hydrogen-bond acceptors (Lipinski definition) is 2. The highest BCUT2D eigenvalue weighted by molar-refractivity contribution is 5.53. The summed E-state index contributed by atoms with van der Waals surface area (Å²) in [7, 11) is 0. The highest BCUT2D eigenvalue weighted by atomic mass is 16.1. The zero-order valence-electron chi connectivity index (χ0n) is 6.83. The van der Waals surface area contributed by atoms with Crippen LogP contribution in [0.3, 0.4) is 0 Å². The molecule has 2 nitrogen and oxygen atoms in total. The molecule has 2 unspecified atom stereocenters. The Kier molecular flexibility index (Phi) is 1.95. The molecule has 2 aliphatic rings. The molecule has 0 spiro atoms. The molecule has 0 bridgehead atoms.